The number of ether oxygens (including phenoxy) is 1. The number of aliphatic hydroxyl groups excluding tert-OH is 1. The number of nitrogen functional groups attached to an aromatic ring is 1. The lowest BCUT2D eigenvalue weighted by Crippen LogP contribution is -2.26. The summed E-state index contributed by atoms with van der Waals surface area (Å²) in [6.07, 6.45) is 2.15. The Morgan fingerprint density at radius 1 is 1.53 bits per heavy atom. The first kappa shape index (κ1) is 12.4. The van der Waals surface area contributed by atoms with Crippen molar-refractivity contribution in [2.45, 2.75) is 38.5 Å². The van der Waals surface area contributed by atoms with Crippen molar-refractivity contribution in [1.82, 2.24) is 9.55 Å². The lowest BCUT2D eigenvalue weighted by atomic mass is 10.0. The summed E-state index contributed by atoms with van der Waals surface area (Å²) >= 11 is 0. The molecule has 3 rings (SSSR count). The number of hydrogen-bond acceptors (Lipinski definition) is 4. The van der Waals surface area contributed by atoms with Gasteiger partial charge < -0.3 is 20.1 Å². The van der Waals surface area contributed by atoms with Crippen molar-refractivity contribution in [2.75, 3.05) is 12.3 Å². The van der Waals surface area contributed by atoms with Gasteiger partial charge in [0.1, 0.15) is 12.4 Å². The fourth-order valence-corrected chi connectivity index (χ4v) is 2.89. The average Bonchev–Trinajstić information content (AvgIpc) is 2.76. The maximum Gasteiger partial charge on any atom is 0.135 e. The largest absolute Gasteiger partial charge is 0.399 e. The highest BCUT2D eigenvalue weighted by Crippen LogP contribution is 2.31. The molecule has 19 heavy (non-hydrogen) atoms. The van der Waals surface area contributed by atoms with E-state index in [9.17, 15) is 5.11 Å². The number of rotatable bonds is 2. The number of hydrogen-bond donors (Lipinski definition) is 2. The molecule has 1 aliphatic heterocycles. The number of fused-ring (bicyclic) bond motifs is 1. The first-order valence-electron chi connectivity index (χ1n) is 6.68. The Morgan fingerprint density at radius 3 is 3.11 bits per heavy atom. The summed E-state index contributed by atoms with van der Waals surface area (Å²) in [7, 11) is 0. The van der Waals surface area contributed by atoms with Gasteiger partial charge in [0.2, 0.25) is 0 Å². The third-order valence-corrected chi connectivity index (χ3v) is 3.75. The average molecular weight is 261 g/mol. The molecule has 0 amide bonds. The summed E-state index contributed by atoms with van der Waals surface area (Å²) in [5.41, 5.74) is 8.38. The Balaban J connectivity index is 2.10. The van der Waals surface area contributed by atoms with Crippen LogP contribution in [-0.4, -0.2) is 27.4 Å². The van der Waals surface area contributed by atoms with Crippen LogP contribution in [0.5, 0.6) is 0 Å². The molecule has 1 aliphatic rings. The molecule has 3 N–H and O–H groups in total. The monoisotopic (exact) mass is 261 g/mol. The number of nitrogens with zero attached hydrogens (tertiary/aromatic N) is 2. The van der Waals surface area contributed by atoms with E-state index in [2.05, 4.69) is 16.5 Å². The minimum atomic E-state index is -0.0552. The molecule has 1 aromatic heterocycles. The molecule has 102 valence electrons. The van der Waals surface area contributed by atoms with Crippen molar-refractivity contribution < 1.29 is 9.84 Å². The lowest BCUT2D eigenvalue weighted by Gasteiger charge is -2.29. The lowest BCUT2D eigenvalue weighted by molar-refractivity contribution is 0.00562. The molecule has 1 aromatic carbocycles. The van der Waals surface area contributed by atoms with Crippen molar-refractivity contribution in [3.05, 3.63) is 24.0 Å². The van der Waals surface area contributed by atoms with E-state index in [4.69, 9.17) is 10.5 Å². The second-order valence-corrected chi connectivity index (χ2v) is 5.16. The van der Waals surface area contributed by atoms with Crippen LogP contribution >= 0.6 is 0 Å². The summed E-state index contributed by atoms with van der Waals surface area (Å²) in [4.78, 5) is 4.48. The van der Waals surface area contributed by atoms with Gasteiger partial charge >= 0.3 is 0 Å². The topological polar surface area (TPSA) is 73.3 Å². The van der Waals surface area contributed by atoms with Gasteiger partial charge in [-0.25, -0.2) is 4.98 Å². The number of nitrogens with two attached hydrogens (primary N) is 1. The van der Waals surface area contributed by atoms with E-state index in [-0.39, 0.29) is 12.7 Å². The van der Waals surface area contributed by atoms with E-state index in [1.807, 2.05) is 18.2 Å². The Kier molecular flexibility index (Phi) is 3.16. The molecule has 0 spiro atoms. The molecule has 0 aliphatic carbocycles. The quantitative estimate of drug-likeness (QED) is 0.809. The molecule has 5 nitrogen and oxygen atoms in total. The minimum absolute atomic E-state index is 0.0552. The molecule has 2 atom stereocenters. The van der Waals surface area contributed by atoms with Crippen molar-refractivity contribution >= 4 is 16.7 Å². The number of benzene rings is 1. The van der Waals surface area contributed by atoms with Crippen LogP contribution in [0.4, 0.5) is 5.69 Å². The molecule has 0 saturated carbocycles. The van der Waals surface area contributed by atoms with Gasteiger partial charge in [-0.2, -0.15) is 0 Å². The van der Waals surface area contributed by atoms with Crippen molar-refractivity contribution in [1.29, 1.82) is 0 Å². The third kappa shape index (κ3) is 2.19. The number of anilines is 1. The van der Waals surface area contributed by atoms with Crippen LogP contribution in [0.15, 0.2) is 18.2 Å². The smallest absolute Gasteiger partial charge is 0.135 e. The fraction of sp³-hybridized carbons (Fsp3) is 0.500. The van der Waals surface area contributed by atoms with Gasteiger partial charge in [-0.15, -0.1) is 0 Å². The van der Waals surface area contributed by atoms with Gasteiger partial charge in [0, 0.05) is 18.3 Å². The summed E-state index contributed by atoms with van der Waals surface area (Å²) in [6.45, 7) is 2.79. The zero-order valence-electron chi connectivity index (χ0n) is 11.0. The second kappa shape index (κ2) is 4.83. The third-order valence-electron chi connectivity index (χ3n) is 3.75. The normalized spacial score (nSPS) is 23.9. The number of aliphatic hydroxyl groups is 1. The highest BCUT2D eigenvalue weighted by molar-refractivity contribution is 5.79. The summed E-state index contributed by atoms with van der Waals surface area (Å²) in [5.74, 6) is 0.708. The van der Waals surface area contributed by atoms with Crippen molar-refractivity contribution in [2.24, 2.45) is 0 Å². The van der Waals surface area contributed by atoms with E-state index in [1.165, 1.54) is 0 Å². The Labute approximate surface area is 112 Å². The molecule has 5 heteroatoms. The first-order chi connectivity index (χ1) is 9.19. The van der Waals surface area contributed by atoms with Crippen LogP contribution < -0.4 is 5.73 Å². The number of imidazole rings is 1. The van der Waals surface area contributed by atoms with Gasteiger partial charge in [0.15, 0.2) is 0 Å². The highest BCUT2D eigenvalue weighted by Gasteiger charge is 2.24. The maximum absolute atomic E-state index is 9.54. The molecule has 0 bridgehead atoms. The fourth-order valence-electron chi connectivity index (χ4n) is 2.89. The highest BCUT2D eigenvalue weighted by atomic mass is 16.5. The molecule has 1 fully saturated rings. The Morgan fingerprint density at radius 2 is 2.37 bits per heavy atom. The van der Waals surface area contributed by atoms with E-state index >= 15 is 0 Å². The van der Waals surface area contributed by atoms with E-state index in [0.717, 1.165) is 30.5 Å². The van der Waals surface area contributed by atoms with Crippen LogP contribution in [-0.2, 0) is 11.3 Å². The van der Waals surface area contributed by atoms with Crippen LogP contribution in [0.3, 0.4) is 0 Å². The molecular weight excluding hydrogens is 242 g/mol. The van der Waals surface area contributed by atoms with E-state index in [1.54, 1.807) is 0 Å². The predicted octanol–water partition coefficient (Wildman–Crippen LogP) is 1.85. The zero-order chi connectivity index (χ0) is 13.4. The van der Waals surface area contributed by atoms with Gasteiger partial charge in [0.05, 0.1) is 17.1 Å². The van der Waals surface area contributed by atoms with Crippen molar-refractivity contribution in [3.8, 4) is 0 Å². The molecule has 2 aromatic rings. The van der Waals surface area contributed by atoms with Gasteiger partial charge in [0.25, 0.3) is 0 Å². The Hall–Kier alpha value is -1.59. The van der Waals surface area contributed by atoms with Gasteiger partial charge in [-0.05, 0) is 38.0 Å². The molecular formula is C14H19N3O2. The minimum Gasteiger partial charge on any atom is -0.399 e. The maximum atomic E-state index is 9.54. The van der Waals surface area contributed by atoms with Crippen LogP contribution in [0.1, 0.15) is 31.6 Å². The number of aromatic nitrogens is 2. The second-order valence-electron chi connectivity index (χ2n) is 5.16. The standard InChI is InChI=1S/C14H19N3O2/c1-9-6-11(4-5-19-9)17-13-3-2-10(15)7-12(13)16-14(17)8-18/h2-3,7,9,11,18H,4-6,8,15H2,1H3. The van der Waals surface area contributed by atoms with Crippen LogP contribution in [0.2, 0.25) is 0 Å². The van der Waals surface area contributed by atoms with Crippen LogP contribution in [0, 0.1) is 0 Å². The predicted molar refractivity (Wildman–Crippen MR) is 73.8 cm³/mol. The molecule has 0 radical (unpaired) electrons. The molecule has 1 saturated heterocycles. The zero-order valence-corrected chi connectivity index (χ0v) is 11.0. The summed E-state index contributed by atoms with van der Waals surface area (Å²) in [6, 6.07) is 6.05. The van der Waals surface area contributed by atoms with E-state index < -0.39 is 0 Å². The summed E-state index contributed by atoms with van der Waals surface area (Å²) < 4.78 is 7.74. The summed E-state index contributed by atoms with van der Waals surface area (Å²) in [5, 5.41) is 9.54. The van der Waals surface area contributed by atoms with Crippen LogP contribution in [0.25, 0.3) is 11.0 Å². The SMILES string of the molecule is CC1CC(n2c(CO)nc3cc(N)ccc32)CCO1. The van der Waals surface area contributed by atoms with Crippen molar-refractivity contribution in [3.63, 3.8) is 0 Å². The molecule has 2 unspecified atom stereocenters. The van der Waals surface area contributed by atoms with Gasteiger partial charge in [-0.3, -0.25) is 0 Å². The van der Waals surface area contributed by atoms with E-state index in [0.29, 0.717) is 17.6 Å². The Bertz CT molecular complexity index is 594. The molecule has 2 heterocycles. The first-order valence-corrected chi connectivity index (χ1v) is 6.68. The van der Waals surface area contributed by atoms with Gasteiger partial charge in [-0.1, -0.05) is 0 Å².